The van der Waals surface area contributed by atoms with E-state index in [0.717, 1.165) is 18.6 Å². The Hall–Kier alpha value is 0.0200. The molecule has 1 aliphatic rings. The van der Waals surface area contributed by atoms with Crippen LogP contribution in [-0.4, -0.2) is 10.9 Å². The normalized spacial score (nSPS) is 22.9. The molecule has 9 heavy (non-hydrogen) atoms. The van der Waals surface area contributed by atoms with E-state index in [2.05, 4.69) is 0 Å². The van der Waals surface area contributed by atoms with Crippen molar-refractivity contribution in [2.75, 3.05) is 5.75 Å². The molecule has 0 bridgehead atoms. The lowest BCUT2D eigenvalue weighted by molar-refractivity contribution is -0.111. The molecule has 0 aromatic heterocycles. The summed E-state index contributed by atoms with van der Waals surface area (Å²) in [5.74, 6) is 1.05. The van der Waals surface area contributed by atoms with Crippen LogP contribution in [0.25, 0.3) is 0 Å². The number of carbonyl (C=O) groups excluding carboxylic acids is 1. The Balaban J connectivity index is 2.20. The van der Waals surface area contributed by atoms with E-state index < -0.39 is 0 Å². The van der Waals surface area contributed by atoms with Crippen LogP contribution in [0.1, 0.15) is 32.1 Å². The number of rotatable bonds is 0. The zero-order valence-corrected chi connectivity index (χ0v) is 6.38. The molecule has 0 atom stereocenters. The highest BCUT2D eigenvalue weighted by atomic mass is 32.2. The summed E-state index contributed by atoms with van der Waals surface area (Å²) in [6, 6.07) is 0. The topological polar surface area (TPSA) is 17.1 Å². The number of thioether (sulfide) groups is 1. The summed E-state index contributed by atoms with van der Waals surface area (Å²) in [5.41, 5.74) is 0. The molecular formula is C7H12OS. The van der Waals surface area contributed by atoms with Gasteiger partial charge in [-0.05, 0) is 12.8 Å². The van der Waals surface area contributed by atoms with Crippen molar-refractivity contribution in [3.05, 3.63) is 0 Å². The first-order valence-corrected chi connectivity index (χ1v) is 4.54. The average Bonchev–Trinajstić information content (AvgIpc) is 1.79. The van der Waals surface area contributed by atoms with Gasteiger partial charge in [0, 0.05) is 12.2 Å². The first kappa shape index (κ1) is 7.13. The summed E-state index contributed by atoms with van der Waals surface area (Å²) >= 11 is 1.51. The molecule has 0 saturated carbocycles. The predicted molar refractivity (Wildman–Crippen MR) is 40.6 cm³/mol. The molecule has 0 spiro atoms. The van der Waals surface area contributed by atoms with Gasteiger partial charge in [-0.1, -0.05) is 24.6 Å². The van der Waals surface area contributed by atoms with Crippen LogP contribution in [-0.2, 0) is 4.79 Å². The van der Waals surface area contributed by atoms with E-state index >= 15 is 0 Å². The molecule has 0 unspecified atom stereocenters. The van der Waals surface area contributed by atoms with Gasteiger partial charge in [-0.25, -0.2) is 0 Å². The maximum Gasteiger partial charge on any atom is 0.188 e. The van der Waals surface area contributed by atoms with Crippen molar-refractivity contribution in [1.29, 1.82) is 0 Å². The van der Waals surface area contributed by atoms with Gasteiger partial charge in [-0.2, -0.15) is 0 Å². The van der Waals surface area contributed by atoms with Crippen molar-refractivity contribution in [1.82, 2.24) is 0 Å². The van der Waals surface area contributed by atoms with E-state index in [1.54, 1.807) is 0 Å². The summed E-state index contributed by atoms with van der Waals surface area (Å²) in [4.78, 5) is 10.8. The second kappa shape index (κ2) is 3.94. The van der Waals surface area contributed by atoms with Crippen molar-refractivity contribution >= 4 is 16.9 Å². The highest BCUT2D eigenvalue weighted by molar-refractivity contribution is 8.13. The lowest BCUT2D eigenvalue weighted by Gasteiger charge is -2.04. The number of hydrogen-bond acceptors (Lipinski definition) is 2. The van der Waals surface area contributed by atoms with E-state index in [9.17, 15) is 4.79 Å². The third kappa shape index (κ3) is 2.89. The van der Waals surface area contributed by atoms with Crippen molar-refractivity contribution in [3.8, 4) is 0 Å². The molecule has 0 aliphatic carbocycles. The lowest BCUT2D eigenvalue weighted by Crippen LogP contribution is -1.97. The Morgan fingerprint density at radius 2 is 1.89 bits per heavy atom. The Labute approximate surface area is 60.2 Å². The number of carbonyl (C=O) groups is 1. The highest BCUT2D eigenvalue weighted by Gasteiger charge is 2.04. The molecule has 52 valence electrons. The van der Waals surface area contributed by atoms with Crippen LogP contribution < -0.4 is 0 Å². The summed E-state index contributed by atoms with van der Waals surface area (Å²) in [7, 11) is 0. The van der Waals surface area contributed by atoms with Gasteiger partial charge in [-0.15, -0.1) is 0 Å². The highest BCUT2D eigenvalue weighted by Crippen LogP contribution is 2.16. The molecule has 0 amide bonds. The molecule has 2 heteroatoms. The smallest absolute Gasteiger partial charge is 0.188 e. The van der Waals surface area contributed by atoms with Crippen LogP contribution in [0.3, 0.4) is 0 Å². The second-order valence-electron chi connectivity index (χ2n) is 2.38. The SMILES string of the molecule is O=C1CCCCCCS1. The molecule has 0 N–H and O–H groups in total. The standard InChI is InChI=1S/C7H12OS/c8-7-5-3-1-2-4-6-9-7/h1-6H2. The minimum Gasteiger partial charge on any atom is -0.287 e. The molecule has 0 aromatic rings. The lowest BCUT2D eigenvalue weighted by atomic mass is 10.2. The largest absolute Gasteiger partial charge is 0.287 e. The summed E-state index contributed by atoms with van der Waals surface area (Å²) < 4.78 is 0. The van der Waals surface area contributed by atoms with E-state index in [0.29, 0.717) is 5.12 Å². The van der Waals surface area contributed by atoms with Gasteiger partial charge in [0.25, 0.3) is 0 Å². The van der Waals surface area contributed by atoms with Crippen molar-refractivity contribution in [2.45, 2.75) is 32.1 Å². The summed E-state index contributed by atoms with van der Waals surface area (Å²) in [6.07, 6.45) is 5.74. The summed E-state index contributed by atoms with van der Waals surface area (Å²) in [5, 5.41) is 0.398. The monoisotopic (exact) mass is 144 g/mol. The van der Waals surface area contributed by atoms with E-state index in [1.807, 2.05) is 0 Å². The second-order valence-corrected chi connectivity index (χ2v) is 3.54. The van der Waals surface area contributed by atoms with Crippen LogP contribution >= 0.6 is 11.8 Å². The molecule has 1 nitrogen and oxygen atoms in total. The molecule has 1 aliphatic heterocycles. The third-order valence-corrected chi connectivity index (χ3v) is 2.56. The Morgan fingerprint density at radius 3 is 2.78 bits per heavy atom. The fourth-order valence-corrected chi connectivity index (χ4v) is 1.85. The first-order chi connectivity index (χ1) is 4.39. The fourth-order valence-electron chi connectivity index (χ4n) is 0.983. The molecule has 1 saturated heterocycles. The maximum atomic E-state index is 10.8. The molecule has 1 heterocycles. The van der Waals surface area contributed by atoms with Gasteiger partial charge < -0.3 is 0 Å². The minimum absolute atomic E-state index is 0.398. The van der Waals surface area contributed by atoms with Crippen LogP contribution in [0.4, 0.5) is 0 Å². The maximum absolute atomic E-state index is 10.8. The van der Waals surface area contributed by atoms with Gasteiger partial charge in [-0.3, -0.25) is 4.79 Å². The van der Waals surface area contributed by atoms with Gasteiger partial charge >= 0.3 is 0 Å². The Morgan fingerprint density at radius 1 is 1.11 bits per heavy atom. The van der Waals surface area contributed by atoms with Crippen molar-refractivity contribution < 1.29 is 4.79 Å². The van der Waals surface area contributed by atoms with Crippen LogP contribution in [0.2, 0.25) is 0 Å². The first-order valence-electron chi connectivity index (χ1n) is 3.55. The molecule has 0 aromatic carbocycles. The van der Waals surface area contributed by atoms with Crippen molar-refractivity contribution in [3.63, 3.8) is 0 Å². The van der Waals surface area contributed by atoms with Gasteiger partial charge in [0.15, 0.2) is 5.12 Å². The Kier molecular flexibility index (Phi) is 3.12. The van der Waals surface area contributed by atoms with E-state index in [-0.39, 0.29) is 0 Å². The quantitative estimate of drug-likeness (QED) is 0.518. The third-order valence-electron chi connectivity index (χ3n) is 1.54. The van der Waals surface area contributed by atoms with Crippen molar-refractivity contribution in [2.24, 2.45) is 0 Å². The number of hydrogen-bond donors (Lipinski definition) is 0. The molecule has 1 rings (SSSR count). The minimum atomic E-state index is 0.398. The molecule has 1 fully saturated rings. The van der Waals surface area contributed by atoms with Gasteiger partial charge in [0.2, 0.25) is 0 Å². The average molecular weight is 144 g/mol. The van der Waals surface area contributed by atoms with E-state index in [4.69, 9.17) is 0 Å². The van der Waals surface area contributed by atoms with E-state index in [1.165, 1.54) is 31.0 Å². The summed E-state index contributed by atoms with van der Waals surface area (Å²) in [6.45, 7) is 0. The Bertz CT molecular complexity index is 91.1. The fraction of sp³-hybridized carbons (Fsp3) is 0.857. The van der Waals surface area contributed by atoms with Crippen LogP contribution in [0.5, 0.6) is 0 Å². The van der Waals surface area contributed by atoms with Gasteiger partial charge in [0.05, 0.1) is 0 Å². The zero-order chi connectivity index (χ0) is 6.53. The zero-order valence-electron chi connectivity index (χ0n) is 5.56. The molecular weight excluding hydrogens is 132 g/mol. The van der Waals surface area contributed by atoms with Gasteiger partial charge in [0.1, 0.15) is 0 Å². The predicted octanol–water partition coefficient (Wildman–Crippen LogP) is 2.21. The van der Waals surface area contributed by atoms with Crippen LogP contribution in [0, 0.1) is 0 Å². The molecule has 0 radical (unpaired) electrons. The van der Waals surface area contributed by atoms with Crippen LogP contribution in [0.15, 0.2) is 0 Å².